The highest BCUT2D eigenvalue weighted by atomic mass is 35.5. The second kappa shape index (κ2) is 6.27. The Morgan fingerprint density at radius 1 is 1.33 bits per heavy atom. The molecule has 0 saturated carbocycles. The maximum Gasteiger partial charge on any atom is 0.317 e. The molecule has 1 fully saturated rings. The highest BCUT2D eigenvalue weighted by molar-refractivity contribution is 7.89. The van der Waals surface area contributed by atoms with Crippen molar-refractivity contribution in [2.45, 2.75) is 4.90 Å². The Kier molecular flexibility index (Phi) is 4.82. The van der Waals surface area contributed by atoms with Gasteiger partial charge in [-0.15, -0.1) is 0 Å². The van der Waals surface area contributed by atoms with Crippen molar-refractivity contribution in [1.82, 2.24) is 10.2 Å². The predicted octanol–water partition coefficient (Wildman–Crippen LogP) is 1.04. The van der Waals surface area contributed by atoms with E-state index in [4.69, 9.17) is 33.1 Å². The van der Waals surface area contributed by atoms with Crippen molar-refractivity contribution in [3.63, 3.8) is 0 Å². The summed E-state index contributed by atoms with van der Waals surface area (Å²) in [7, 11) is -3.95. The molecule has 0 aromatic heterocycles. The maximum atomic E-state index is 11.3. The van der Waals surface area contributed by atoms with Crippen LogP contribution in [0.5, 0.6) is 5.75 Å². The molecule has 0 radical (unpaired) electrons. The van der Waals surface area contributed by atoms with E-state index in [2.05, 4.69) is 5.32 Å². The summed E-state index contributed by atoms with van der Waals surface area (Å²) in [5.41, 5.74) is 0. The van der Waals surface area contributed by atoms with Crippen LogP contribution in [0.1, 0.15) is 0 Å². The first kappa shape index (κ1) is 16.2. The minimum absolute atomic E-state index is 0.0333. The van der Waals surface area contributed by atoms with Gasteiger partial charge in [0, 0.05) is 13.1 Å². The monoisotopic (exact) mass is 353 g/mol. The van der Waals surface area contributed by atoms with Gasteiger partial charge in [0.15, 0.2) is 0 Å². The summed E-state index contributed by atoms with van der Waals surface area (Å²) in [5, 5.41) is 7.46. The Morgan fingerprint density at radius 2 is 2.05 bits per heavy atom. The maximum absolute atomic E-state index is 11.3. The third kappa shape index (κ3) is 3.70. The molecular weight excluding hydrogens is 341 g/mol. The fourth-order valence-corrected chi connectivity index (χ4v) is 3.20. The predicted molar refractivity (Wildman–Crippen MR) is 78.3 cm³/mol. The minimum atomic E-state index is -3.95. The van der Waals surface area contributed by atoms with Crippen molar-refractivity contribution in [2.24, 2.45) is 5.14 Å². The molecule has 3 N–H and O–H groups in total. The van der Waals surface area contributed by atoms with Crippen LogP contribution in [-0.4, -0.2) is 45.6 Å². The molecule has 1 aromatic carbocycles. The number of ether oxygens (including phenoxy) is 1. The van der Waals surface area contributed by atoms with Crippen molar-refractivity contribution in [3.05, 3.63) is 22.2 Å². The van der Waals surface area contributed by atoms with Gasteiger partial charge in [-0.05, 0) is 12.1 Å². The van der Waals surface area contributed by atoms with Crippen LogP contribution >= 0.6 is 23.2 Å². The van der Waals surface area contributed by atoms with E-state index >= 15 is 0 Å². The van der Waals surface area contributed by atoms with Crippen LogP contribution in [0.2, 0.25) is 10.0 Å². The van der Waals surface area contributed by atoms with Crippen molar-refractivity contribution in [2.75, 3.05) is 26.2 Å². The van der Waals surface area contributed by atoms with Gasteiger partial charge in [0.25, 0.3) is 0 Å². The van der Waals surface area contributed by atoms with Crippen LogP contribution in [0.3, 0.4) is 0 Å². The zero-order valence-electron chi connectivity index (χ0n) is 10.8. The van der Waals surface area contributed by atoms with Gasteiger partial charge in [-0.2, -0.15) is 0 Å². The average Bonchev–Trinajstić information content (AvgIpc) is 2.79. The number of halogens is 2. The number of carbonyl (C=O) groups excluding carboxylic acids is 1. The normalized spacial score (nSPS) is 15.2. The first-order valence-corrected chi connectivity index (χ1v) is 8.27. The van der Waals surface area contributed by atoms with Crippen LogP contribution < -0.4 is 15.2 Å². The number of amides is 2. The van der Waals surface area contributed by atoms with E-state index < -0.39 is 10.0 Å². The molecule has 2 rings (SSSR count). The van der Waals surface area contributed by atoms with Crippen molar-refractivity contribution in [1.29, 1.82) is 0 Å². The van der Waals surface area contributed by atoms with Gasteiger partial charge in [-0.3, -0.25) is 0 Å². The first-order chi connectivity index (χ1) is 9.80. The van der Waals surface area contributed by atoms with Gasteiger partial charge in [-0.25, -0.2) is 18.4 Å². The quantitative estimate of drug-likeness (QED) is 0.825. The summed E-state index contributed by atoms with van der Waals surface area (Å²) in [4.78, 5) is 12.7. The summed E-state index contributed by atoms with van der Waals surface area (Å²) >= 11 is 11.8. The molecule has 0 bridgehead atoms. The topological polar surface area (TPSA) is 102 Å². The molecule has 0 aliphatic carbocycles. The molecule has 1 heterocycles. The Morgan fingerprint density at radius 3 is 2.62 bits per heavy atom. The van der Waals surface area contributed by atoms with E-state index in [-0.39, 0.29) is 33.3 Å². The van der Waals surface area contributed by atoms with Gasteiger partial charge in [-0.1, -0.05) is 23.2 Å². The Balaban J connectivity index is 2.04. The standard InChI is InChI=1S/C11H13Cl2N3O4S/c12-9-7(1-2-8(10(9)13)21(14,18)19)20-6-5-16-4-3-15-11(16)17/h1-2H,3-6H2,(H,15,17)(H2,14,18,19). The van der Waals surface area contributed by atoms with E-state index in [1.54, 1.807) is 4.90 Å². The zero-order valence-corrected chi connectivity index (χ0v) is 13.1. The van der Waals surface area contributed by atoms with Gasteiger partial charge in [0.05, 0.1) is 11.6 Å². The average molecular weight is 354 g/mol. The number of primary sulfonamides is 1. The van der Waals surface area contributed by atoms with Gasteiger partial charge in [0.1, 0.15) is 22.3 Å². The number of rotatable bonds is 5. The Bertz CT molecular complexity index is 666. The van der Waals surface area contributed by atoms with Crippen LogP contribution in [0.15, 0.2) is 17.0 Å². The summed E-state index contributed by atoms with van der Waals surface area (Å²) in [6.07, 6.45) is 0. The second-order valence-corrected chi connectivity index (χ2v) is 6.59. The largest absolute Gasteiger partial charge is 0.490 e. The highest BCUT2D eigenvalue weighted by Gasteiger charge is 2.20. The molecule has 10 heteroatoms. The number of carbonyl (C=O) groups is 1. The molecular formula is C11H13Cl2N3O4S. The number of nitrogens with one attached hydrogen (secondary N) is 1. The van der Waals surface area contributed by atoms with Crippen molar-refractivity contribution < 1.29 is 17.9 Å². The number of hydrogen-bond donors (Lipinski definition) is 2. The van der Waals surface area contributed by atoms with Crippen LogP contribution in [-0.2, 0) is 10.0 Å². The molecule has 0 atom stereocenters. The third-order valence-corrected chi connectivity index (χ3v) is 4.81. The number of nitrogens with zero attached hydrogens (tertiary/aromatic N) is 1. The fourth-order valence-electron chi connectivity index (χ4n) is 1.84. The molecule has 21 heavy (non-hydrogen) atoms. The summed E-state index contributed by atoms with van der Waals surface area (Å²) in [5.74, 6) is 0.230. The van der Waals surface area contributed by atoms with E-state index in [9.17, 15) is 13.2 Å². The fraction of sp³-hybridized carbons (Fsp3) is 0.364. The lowest BCUT2D eigenvalue weighted by atomic mass is 10.3. The number of nitrogens with two attached hydrogens (primary N) is 1. The number of hydrogen-bond acceptors (Lipinski definition) is 4. The molecule has 1 saturated heterocycles. The van der Waals surface area contributed by atoms with E-state index in [0.717, 1.165) is 0 Å². The molecule has 1 aromatic rings. The van der Waals surface area contributed by atoms with E-state index in [0.29, 0.717) is 19.6 Å². The lowest BCUT2D eigenvalue weighted by Gasteiger charge is -2.15. The molecule has 0 spiro atoms. The summed E-state index contributed by atoms with van der Waals surface area (Å²) in [6.45, 7) is 1.81. The lowest BCUT2D eigenvalue weighted by molar-refractivity contribution is 0.202. The van der Waals surface area contributed by atoms with Crippen molar-refractivity contribution >= 4 is 39.3 Å². The molecule has 1 aliphatic rings. The lowest BCUT2D eigenvalue weighted by Crippen LogP contribution is -2.31. The van der Waals surface area contributed by atoms with Crippen LogP contribution in [0.25, 0.3) is 0 Å². The number of sulfonamides is 1. The van der Waals surface area contributed by atoms with Gasteiger partial charge >= 0.3 is 6.03 Å². The van der Waals surface area contributed by atoms with Crippen molar-refractivity contribution in [3.8, 4) is 5.75 Å². The summed E-state index contributed by atoms with van der Waals surface area (Å²) in [6, 6.07) is 2.45. The second-order valence-electron chi connectivity index (χ2n) is 4.30. The smallest absolute Gasteiger partial charge is 0.317 e. The molecule has 116 valence electrons. The first-order valence-electron chi connectivity index (χ1n) is 5.97. The molecule has 2 amide bonds. The molecule has 1 aliphatic heterocycles. The zero-order chi connectivity index (χ0) is 15.6. The Hall–Kier alpha value is -1.22. The number of benzene rings is 1. The molecule has 0 unspecified atom stereocenters. The number of urea groups is 1. The summed E-state index contributed by atoms with van der Waals surface area (Å²) < 4.78 is 28.0. The highest BCUT2D eigenvalue weighted by Crippen LogP contribution is 2.36. The van der Waals surface area contributed by atoms with Gasteiger partial charge in [0.2, 0.25) is 10.0 Å². The van der Waals surface area contributed by atoms with Gasteiger partial charge < -0.3 is 15.0 Å². The van der Waals surface area contributed by atoms with E-state index in [1.165, 1.54) is 12.1 Å². The van der Waals surface area contributed by atoms with Crippen LogP contribution in [0.4, 0.5) is 4.79 Å². The van der Waals surface area contributed by atoms with Crippen LogP contribution in [0, 0.1) is 0 Å². The Labute approximate surface area is 132 Å². The third-order valence-electron chi connectivity index (χ3n) is 2.88. The SMILES string of the molecule is NS(=O)(=O)c1ccc(OCCN2CCNC2=O)c(Cl)c1Cl. The molecule has 7 nitrogen and oxygen atoms in total. The van der Waals surface area contributed by atoms with E-state index in [1.807, 2.05) is 0 Å². The minimum Gasteiger partial charge on any atom is -0.490 e.